The zero-order chi connectivity index (χ0) is 24.9. The maximum absolute atomic E-state index is 5.65. The molecule has 0 saturated heterocycles. The van der Waals surface area contributed by atoms with Crippen LogP contribution in [0.3, 0.4) is 0 Å². The summed E-state index contributed by atoms with van der Waals surface area (Å²) in [5, 5.41) is 0. The second-order valence-electron chi connectivity index (χ2n) is 8.97. The van der Waals surface area contributed by atoms with Gasteiger partial charge < -0.3 is 24.7 Å². The first-order chi connectivity index (χ1) is 16.2. The van der Waals surface area contributed by atoms with E-state index in [0.717, 1.165) is 19.0 Å². The molecule has 202 valence electrons. The third kappa shape index (κ3) is 26.5. The van der Waals surface area contributed by atoms with E-state index in [0.29, 0.717) is 26.4 Å². The molecule has 0 saturated carbocycles. The van der Waals surface area contributed by atoms with Gasteiger partial charge in [0.1, 0.15) is 0 Å². The standard InChI is InChI=1S/C18H39N.C9H23NO3Si/c1-2-3-4-5-6-7-8-9-10-11-12-13-14-15-16-17-18-19;1-4-11-14(12-5-2,13-6-3)9-7-8-10/h2-19H2,1H3;4-10H2,1-3H3. The fraction of sp³-hybridized carbons (Fsp3) is 1.00. The molecule has 0 aromatic heterocycles. The van der Waals surface area contributed by atoms with Crippen molar-refractivity contribution in [1.82, 2.24) is 0 Å². The molecule has 4 N–H and O–H groups in total. The van der Waals surface area contributed by atoms with Gasteiger partial charge in [0.05, 0.1) is 0 Å². The Labute approximate surface area is 209 Å². The Morgan fingerprint density at radius 2 is 0.727 bits per heavy atom. The summed E-state index contributed by atoms with van der Waals surface area (Å²) in [5.74, 6) is 0. The fourth-order valence-corrected chi connectivity index (χ4v) is 6.65. The van der Waals surface area contributed by atoms with E-state index >= 15 is 0 Å². The van der Waals surface area contributed by atoms with Crippen molar-refractivity contribution in [1.29, 1.82) is 0 Å². The van der Waals surface area contributed by atoms with Crippen molar-refractivity contribution in [3.8, 4) is 0 Å². The molecule has 5 nitrogen and oxygen atoms in total. The molecule has 0 amide bonds. The SMILES string of the molecule is CCCCCCCCCCCCCCCCCCN.CCO[Si](CCCN)(OCC)OCC. The predicted octanol–water partition coefficient (Wildman–Crippen LogP) is 7.59. The lowest BCUT2D eigenvalue weighted by Gasteiger charge is -2.28. The topological polar surface area (TPSA) is 79.7 Å². The highest BCUT2D eigenvalue weighted by Crippen LogP contribution is 2.17. The Balaban J connectivity index is 0. The molecule has 0 fully saturated rings. The molecule has 33 heavy (non-hydrogen) atoms. The van der Waals surface area contributed by atoms with E-state index in [9.17, 15) is 0 Å². The molecule has 0 atom stereocenters. The fourth-order valence-electron chi connectivity index (χ4n) is 4.01. The summed E-state index contributed by atoms with van der Waals surface area (Å²) < 4.78 is 17.0. The second kappa shape index (κ2) is 30.0. The monoisotopic (exact) mass is 490 g/mol. The lowest BCUT2D eigenvalue weighted by molar-refractivity contribution is 0.0710. The number of nitrogens with two attached hydrogens (primary N) is 2. The first kappa shape index (κ1) is 35.2. The van der Waals surface area contributed by atoms with Gasteiger partial charge in [-0.25, -0.2) is 0 Å². The van der Waals surface area contributed by atoms with Gasteiger partial charge in [-0.1, -0.05) is 103 Å². The summed E-state index contributed by atoms with van der Waals surface area (Å²) in [6.07, 6.45) is 23.7. The van der Waals surface area contributed by atoms with Crippen molar-refractivity contribution >= 4 is 8.80 Å². The Hall–Kier alpha value is 0.0169. The van der Waals surface area contributed by atoms with Crippen molar-refractivity contribution in [3.05, 3.63) is 0 Å². The Bertz CT molecular complexity index is 316. The van der Waals surface area contributed by atoms with Crippen molar-refractivity contribution in [2.45, 2.75) is 143 Å². The highest BCUT2D eigenvalue weighted by atomic mass is 28.4. The van der Waals surface area contributed by atoms with Gasteiger partial charge in [-0.05, 0) is 46.7 Å². The maximum atomic E-state index is 5.65. The predicted molar refractivity (Wildman–Crippen MR) is 148 cm³/mol. The number of unbranched alkanes of at least 4 members (excludes halogenated alkanes) is 15. The average molecular weight is 491 g/mol. The van der Waals surface area contributed by atoms with Gasteiger partial charge in [-0.3, -0.25) is 0 Å². The summed E-state index contributed by atoms with van der Waals surface area (Å²) in [5.41, 5.74) is 11.0. The van der Waals surface area contributed by atoms with Crippen molar-refractivity contribution in [2.24, 2.45) is 11.5 Å². The molecule has 0 aromatic rings. The normalized spacial score (nSPS) is 11.5. The Morgan fingerprint density at radius 3 is 1.00 bits per heavy atom. The molecule has 0 spiro atoms. The molecular formula is C27H62N2O3Si. The molecule has 0 heterocycles. The Kier molecular flexibility index (Phi) is 32.0. The number of hydrogen-bond acceptors (Lipinski definition) is 5. The van der Waals surface area contributed by atoms with Crippen molar-refractivity contribution in [3.63, 3.8) is 0 Å². The van der Waals surface area contributed by atoms with Crippen LogP contribution in [0.25, 0.3) is 0 Å². The molecule has 0 aliphatic carbocycles. The molecule has 0 aliphatic rings. The van der Waals surface area contributed by atoms with Gasteiger partial charge in [-0.2, -0.15) is 0 Å². The summed E-state index contributed by atoms with van der Waals surface area (Å²) in [7, 11) is -2.40. The highest BCUT2D eigenvalue weighted by Gasteiger charge is 2.39. The van der Waals surface area contributed by atoms with Gasteiger partial charge in [0.25, 0.3) is 0 Å². The van der Waals surface area contributed by atoms with Crippen LogP contribution in [0.2, 0.25) is 6.04 Å². The van der Waals surface area contributed by atoms with Gasteiger partial charge >= 0.3 is 8.80 Å². The Morgan fingerprint density at radius 1 is 0.424 bits per heavy atom. The summed E-state index contributed by atoms with van der Waals surface area (Å²) >= 11 is 0. The lowest BCUT2D eigenvalue weighted by Crippen LogP contribution is -2.46. The first-order valence-electron chi connectivity index (χ1n) is 14.5. The minimum atomic E-state index is -2.40. The molecule has 0 radical (unpaired) electrons. The molecule has 0 unspecified atom stereocenters. The minimum Gasteiger partial charge on any atom is -0.374 e. The largest absolute Gasteiger partial charge is 0.500 e. The van der Waals surface area contributed by atoms with Crippen LogP contribution >= 0.6 is 0 Å². The van der Waals surface area contributed by atoms with Crippen LogP contribution in [-0.4, -0.2) is 41.7 Å². The van der Waals surface area contributed by atoms with E-state index in [4.69, 9.17) is 24.7 Å². The summed E-state index contributed by atoms with van der Waals surface area (Å²) in [4.78, 5) is 0. The van der Waals surface area contributed by atoms with Crippen LogP contribution in [0.1, 0.15) is 137 Å². The van der Waals surface area contributed by atoms with E-state index in [1.165, 1.54) is 103 Å². The highest BCUT2D eigenvalue weighted by molar-refractivity contribution is 6.60. The van der Waals surface area contributed by atoms with E-state index < -0.39 is 8.80 Å². The summed E-state index contributed by atoms with van der Waals surface area (Å²) in [6.45, 7) is 11.6. The van der Waals surface area contributed by atoms with E-state index in [2.05, 4.69) is 6.92 Å². The van der Waals surface area contributed by atoms with Crippen LogP contribution in [0, 0.1) is 0 Å². The van der Waals surface area contributed by atoms with E-state index in [1.54, 1.807) is 0 Å². The van der Waals surface area contributed by atoms with Crippen molar-refractivity contribution < 1.29 is 13.3 Å². The number of rotatable bonds is 25. The van der Waals surface area contributed by atoms with E-state index in [-0.39, 0.29) is 0 Å². The van der Waals surface area contributed by atoms with Crippen LogP contribution in [0.5, 0.6) is 0 Å². The first-order valence-corrected chi connectivity index (χ1v) is 16.4. The van der Waals surface area contributed by atoms with Gasteiger partial charge in [0.15, 0.2) is 0 Å². The molecule has 0 bridgehead atoms. The minimum absolute atomic E-state index is 0.636. The van der Waals surface area contributed by atoms with E-state index in [1.807, 2.05) is 20.8 Å². The quantitative estimate of drug-likeness (QED) is 0.102. The third-order valence-electron chi connectivity index (χ3n) is 5.84. The molecular weight excluding hydrogens is 428 g/mol. The number of hydrogen-bond donors (Lipinski definition) is 2. The maximum Gasteiger partial charge on any atom is 0.500 e. The third-order valence-corrected chi connectivity index (χ3v) is 8.99. The molecule has 0 aliphatic heterocycles. The van der Waals surface area contributed by atoms with Crippen LogP contribution in [-0.2, 0) is 13.3 Å². The summed E-state index contributed by atoms with van der Waals surface area (Å²) in [6, 6.07) is 0.818. The lowest BCUT2D eigenvalue weighted by atomic mass is 10.0. The van der Waals surface area contributed by atoms with Crippen LogP contribution in [0.4, 0.5) is 0 Å². The molecule has 0 rings (SSSR count). The van der Waals surface area contributed by atoms with Gasteiger partial charge in [-0.15, -0.1) is 0 Å². The van der Waals surface area contributed by atoms with Crippen LogP contribution in [0.15, 0.2) is 0 Å². The molecule has 0 aromatic carbocycles. The average Bonchev–Trinajstić information content (AvgIpc) is 2.81. The van der Waals surface area contributed by atoms with Crippen LogP contribution < -0.4 is 11.5 Å². The molecule has 6 heteroatoms. The zero-order valence-corrected chi connectivity index (χ0v) is 24.1. The zero-order valence-electron chi connectivity index (χ0n) is 23.1. The second-order valence-corrected chi connectivity index (χ2v) is 11.7. The van der Waals surface area contributed by atoms with Crippen molar-refractivity contribution in [2.75, 3.05) is 32.9 Å². The smallest absolute Gasteiger partial charge is 0.374 e. The van der Waals surface area contributed by atoms with Gasteiger partial charge in [0.2, 0.25) is 0 Å². The van der Waals surface area contributed by atoms with Gasteiger partial charge in [0, 0.05) is 25.9 Å².